The Kier molecular flexibility index (Phi) is 7.88. The molecule has 10 heteroatoms. The number of carbonyl (C=O) groups is 3. The van der Waals surface area contributed by atoms with Crippen molar-refractivity contribution in [2.24, 2.45) is 5.92 Å². The van der Waals surface area contributed by atoms with Crippen LogP contribution in [0.4, 0.5) is 11.4 Å². The molecule has 0 aromatic heterocycles. The van der Waals surface area contributed by atoms with Crippen LogP contribution in [0.3, 0.4) is 0 Å². The van der Waals surface area contributed by atoms with Crippen LogP contribution in [0.2, 0.25) is 10.0 Å². The lowest BCUT2D eigenvalue weighted by Crippen LogP contribution is -2.49. The van der Waals surface area contributed by atoms with Crippen molar-refractivity contribution < 1.29 is 14.4 Å². The highest BCUT2D eigenvalue weighted by atomic mass is 35.5. The Morgan fingerprint density at radius 2 is 1.59 bits per heavy atom. The second-order valence-electron chi connectivity index (χ2n) is 9.79. The number of benzene rings is 2. The number of amides is 3. The van der Waals surface area contributed by atoms with Crippen molar-refractivity contribution in [2.45, 2.75) is 19.3 Å². The van der Waals surface area contributed by atoms with Crippen LogP contribution in [0.25, 0.3) is 0 Å². The molecule has 8 nitrogen and oxygen atoms in total. The molecular weight excluding hydrogens is 513 g/mol. The summed E-state index contributed by atoms with van der Waals surface area (Å²) in [6, 6.07) is 10.5. The van der Waals surface area contributed by atoms with E-state index in [0.29, 0.717) is 66.1 Å². The van der Waals surface area contributed by atoms with E-state index in [-0.39, 0.29) is 23.6 Å². The fourth-order valence-electron chi connectivity index (χ4n) is 4.84. The van der Waals surface area contributed by atoms with Gasteiger partial charge in [0.2, 0.25) is 5.91 Å². The van der Waals surface area contributed by atoms with Crippen molar-refractivity contribution >= 4 is 52.3 Å². The second kappa shape index (κ2) is 11.3. The van der Waals surface area contributed by atoms with Gasteiger partial charge in [0, 0.05) is 62.3 Å². The van der Waals surface area contributed by atoms with Gasteiger partial charge < -0.3 is 25.3 Å². The van der Waals surface area contributed by atoms with Gasteiger partial charge >= 0.3 is 0 Å². The van der Waals surface area contributed by atoms with Crippen molar-refractivity contribution in [2.75, 3.05) is 62.6 Å². The highest BCUT2D eigenvalue weighted by molar-refractivity contribution is 6.36. The van der Waals surface area contributed by atoms with Gasteiger partial charge in [-0.05, 0) is 62.2 Å². The average Bonchev–Trinajstić information content (AvgIpc) is 3.76. The standard InChI is InChI=1S/C27H31Cl2N5O3/c28-20-5-6-21(22(29)17-20)27(37)34-14-12-32(13-15-34)24-7-4-19(16-23(24)31-25(35)18-2-3-18)26(36)33-10-1-8-30-9-11-33/h4-7,16-18,30H,1-3,8-15H2,(H,31,35). The predicted molar refractivity (Wildman–Crippen MR) is 146 cm³/mol. The first-order valence-electron chi connectivity index (χ1n) is 12.8. The summed E-state index contributed by atoms with van der Waals surface area (Å²) in [5.74, 6) is -0.109. The Morgan fingerprint density at radius 1 is 0.838 bits per heavy atom. The van der Waals surface area contributed by atoms with Gasteiger partial charge in [0.25, 0.3) is 11.8 Å². The first-order chi connectivity index (χ1) is 17.9. The maximum absolute atomic E-state index is 13.2. The lowest BCUT2D eigenvalue weighted by molar-refractivity contribution is -0.117. The van der Waals surface area contributed by atoms with E-state index < -0.39 is 0 Å². The van der Waals surface area contributed by atoms with E-state index in [4.69, 9.17) is 23.2 Å². The molecule has 1 saturated carbocycles. The number of hydrogen-bond acceptors (Lipinski definition) is 5. The molecule has 0 atom stereocenters. The quantitative estimate of drug-likeness (QED) is 0.600. The molecule has 3 amide bonds. The number of halogens is 2. The number of piperazine rings is 1. The average molecular weight is 544 g/mol. The van der Waals surface area contributed by atoms with E-state index in [1.54, 1.807) is 29.2 Å². The van der Waals surface area contributed by atoms with Gasteiger partial charge in [-0.3, -0.25) is 14.4 Å². The van der Waals surface area contributed by atoms with E-state index >= 15 is 0 Å². The number of hydrogen-bond donors (Lipinski definition) is 2. The first-order valence-corrected chi connectivity index (χ1v) is 13.6. The van der Waals surface area contributed by atoms with Crippen LogP contribution < -0.4 is 15.5 Å². The normalized spacial score (nSPS) is 18.4. The lowest BCUT2D eigenvalue weighted by Gasteiger charge is -2.37. The van der Waals surface area contributed by atoms with Gasteiger partial charge in [0.15, 0.2) is 0 Å². The summed E-state index contributed by atoms with van der Waals surface area (Å²) >= 11 is 12.2. The van der Waals surface area contributed by atoms with Crippen LogP contribution in [0.1, 0.15) is 40.0 Å². The van der Waals surface area contributed by atoms with Crippen LogP contribution in [0, 0.1) is 5.92 Å². The zero-order valence-corrected chi connectivity index (χ0v) is 22.2. The summed E-state index contributed by atoms with van der Waals surface area (Å²) in [6.07, 6.45) is 2.71. The molecule has 2 aromatic carbocycles. The van der Waals surface area contributed by atoms with Gasteiger partial charge in [-0.2, -0.15) is 0 Å². The third kappa shape index (κ3) is 6.03. The van der Waals surface area contributed by atoms with Crippen molar-refractivity contribution in [1.82, 2.24) is 15.1 Å². The molecule has 37 heavy (non-hydrogen) atoms. The summed E-state index contributed by atoms with van der Waals surface area (Å²) in [5, 5.41) is 7.23. The van der Waals surface area contributed by atoms with Crippen molar-refractivity contribution in [3.63, 3.8) is 0 Å². The largest absolute Gasteiger partial charge is 0.366 e. The van der Waals surface area contributed by atoms with E-state index in [0.717, 1.165) is 38.0 Å². The summed E-state index contributed by atoms with van der Waals surface area (Å²) < 4.78 is 0. The van der Waals surface area contributed by atoms with Crippen molar-refractivity contribution in [3.8, 4) is 0 Å². The van der Waals surface area contributed by atoms with E-state index in [1.165, 1.54) is 0 Å². The fraction of sp³-hybridized carbons (Fsp3) is 0.444. The fourth-order valence-corrected chi connectivity index (χ4v) is 5.33. The van der Waals surface area contributed by atoms with Gasteiger partial charge in [-0.25, -0.2) is 0 Å². The predicted octanol–water partition coefficient (Wildman–Crippen LogP) is 3.74. The van der Waals surface area contributed by atoms with Crippen molar-refractivity contribution in [3.05, 3.63) is 57.6 Å². The Morgan fingerprint density at radius 3 is 2.32 bits per heavy atom. The first kappa shape index (κ1) is 25.8. The summed E-state index contributed by atoms with van der Waals surface area (Å²) in [5.41, 5.74) is 2.52. The molecule has 0 unspecified atom stereocenters. The van der Waals surface area contributed by atoms with E-state index in [1.807, 2.05) is 17.0 Å². The Bertz CT molecular complexity index is 1190. The minimum Gasteiger partial charge on any atom is -0.366 e. The number of nitrogens with zero attached hydrogens (tertiary/aromatic N) is 3. The molecule has 2 aromatic rings. The molecule has 2 N–H and O–H groups in total. The van der Waals surface area contributed by atoms with E-state index in [9.17, 15) is 14.4 Å². The molecule has 2 saturated heterocycles. The van der Waals surface area contributed by atoms with Crippen LogP contribution >= 0.6 is 23.2 Å². The maximum atomic E-state index is 13.2. The zero-order valence-electron chi connectivity index (χ0n) is 20.6. The second-order valence-corrected chi connectivity index (χ2v) is 10.6. The third-order valence-corrected chi connectivity index (χ3v) is 7.69. The van der Waals surface area contributed by atoms with Gasteiger partial charge in [-0.15, -0.1) is 0 Å². The number of rotatable bonds is 5. The molecule has 3 aliphatic rings. The summed E-state index contributed by atoms with van der Waals surface area (Å²) in [7, 11) is 0. The van der Waals surface area contributed by atoms with Gasteiger partial charge in [0.05, 0.1) is 22.0 Å². The van der Waals surface area contributed by atoms with Gasteiger partial charge in [-0.1, -0.05) is 23.2 Å². The van der Waals surface area contributed by atoms with Crippen LogP contribution in [0.15, 0.2) is 36.4 Å². The molecule has 0 radical (unpaired) electrons. The minimum atomic E-state index is -0.128. The Balaban J connectivity index is 1.32. The highest BCUT2D eigenvalue weighted by Crippen LogP contribution is 2.34. The SMILES string of the molecule is O=C(Nc1cc(C(=O)N2CCCNCC2)ccc1N1CCN(C(=O)c2ccc(Cl)cc2Cl)CC1)C1CC1. The molecule has 2 aliphatic heterocycles. The van der Waals surface area contributed by atoms with E-state index in [2.05, 4.69) is 15.5 Å². The number of nitrogens with one attached hydrogen (secondary N) is 2. The summed E-state index contributed by atoms with van der Waals surface area (Å²) in [6.45, 7) is 5.26. The Hall–Kier alpha value is -2.81. The molecule has 196 valence electrons. The van der Waals surface area contributed by atoms with Gasteiger partial charge in [0.1, 0.15) is 0 Å². The Labute approximate surface area is 226 Å². The highest BCUT2D eigenvalue weighted by Gasteiger charge is 2.31. The lowest BCUT2D eigenvalue weighted by atomic mass is 10.1. The zero-order chi connectivity index (χ0) is 25.9. The minimum absolute atomic E-state index is 0.00369. The molecule has 5 rings (SSSR count). The molecule has 0 bridgehead atoms. The summed E-state index contributed by atoms with van der Waals surface area (Å²) in [4.78, 5) is 44.8. The monoisotopic (exact) mass is 543 g/mol. The van der Waals surface area contributed by atoms with Crippen LogP contribution in [-0.2, 0) is 4.79 Å². The smallest absolute Gasteiger partial charge is 0.255 e. The molecule has 3 fully saturated rings. The molecule has 2 heterocycles. The molecule has 0 spiro atoms. The number of carbonyl (C=O) groups excluding carboxylic acids is 3. The van der Waals surface area contributed by atoms with Crippen LogP contribution in [-0.4, -0.2) is 79.9 Å². The van der Waals surface area contributed by atoms with Crippen molar-refractivity contribution in [1.29, 1.82) is 0 Å². The third-order valence-electron chi connectivity index (χ3n) is 7.15. The molecule has 1 aliphatic carbocycles. The topological polar surface area (TPSA) is 85.0 Å². The maximum Gasteiger partial charge on any atom is 0.255 e. The molecular formula is C27H31Cl2N5O3. The number of anilines is 2. The van der Waals surface area contributed by atoms with Crippen LogP contribution in [0.5, 0.6) is 0 Å².